The number of ether oxygens (including phenoxy) is 1. The van der Waals surface area contributed by atoms with Gasteiger partial charge in [0.1, 0.15) is 11.6 Å². The molecule has 37 heavy (non-hydrogen) atoms. The van der Waals surface area contributed by atoms with Crippen molar-refractivity contribution in [3.05, 3.63) is 60.2 Å². The van der Waals surface area contributed by atoms with Crippen LogP contribution in [0.3, 0.4) is 0 Å². The zero-order valence-corrected chi connectivity index (χ0v) is 21.8. The second-order valence-electron chi connectivity index (χ2n) is 10.9. The first-order valence-corrected chi connectivity index (χ1v) is 13.4. The Morgan fingerprint density at radius 2 is 1.76 bits per heavy atom. The van der Waals surface area contributed by atoms with E-state index in [0.717, 1.165) is 12.0 Å². The summed E-state index contributed by atoms with van der Waals surface area (Å²) in [5.41, 5.74) is -0.284. The quantitative estimate of drug-likeness (QED) is 0.570. The van der Waals surface area contributed by atoms with Crippen LogP contribution in [-0.4, -0.2) is 87.6 Å². The summed E-state index contributed by atoms with van der Waals surface area (Å²) >= 11 is 0. The van der Waals surface area contributed by atoms with Crippen molar-refractivity contribution in [1.29, 1.82) is 0 Å². The van der Waals surface area contributed by atoms with E-state index in [1.165, 1.54) is 0 Å². The lowest BCUT2D eigenvalue weighted by atomic mass is 9.77. The number of fused-ring (bicyclic) bond motifs is 2. The molecule has 0 radical (unpaired) electrons. The van der Waals surface area contributed by atoms with E-state index in [2.05, 4.69) is 0 Å². The number of nitrogens with zero attached hydrogens (tertiary/aromatic N) is 3. The molecule has 2 saturated heterocycles. The van der Waals surface area contributed by atoms with Crippen LogP contribution in [-0.2, 0) is 25.7 Å². The molecule has 1 N–H and O–H groups in total. The molecule has 1 aromatic carbocycles. The van der Waals surface area contributed by atoms with E-state index in [4.69, 9.17) is 4.74 Å². The molecule has 4 aliphatic heterocycles. The maximum absolute atomic E-state index is 14.3. The van der Waals surface area contributed by atoms with Crippen molar-refractivity contribution in [2.75, 3.05) is 26.2 Å². The van der Waals surface area contributed by atoms with E-state index in [1.807, 2.05) is 75.4 Å². The van der Waals surface area contributed by atoms with Gasteiger partial charge in [-0.1, -0.05) is 75.4 Å². The van der Waals surface area contributed by atoms with Gasteiger partial charge in [0, 0.05) is 26.2 Å². The lowest BCUT2D eigenvalue weighted by Gasteiger charge is -2.39. The van der Waals surface area contributed by atoms with Gasteiger partial charge in [0.25, 0.3) is 0 Å². The van der Waals surface area contributed by atoms with Crippen LogP contribution in [0.4, 0.5) is 0 Å². The Morgan fingerprint density at radius 1 is 1.03 bits per heavy atom. The van der Waals surface area contributed by atoms with Crippen molar-refractivity contribution in [3.8, 4) is 0 Å². The summed E-state index contributed by atoms with van der Waals surface area (Å²) in [5, 5.41) is 10.4. The third-order valence-corrected chi connectivity index (χ3v) is 8.29. The Morgan fingerprint density at radius 3 is 2.43 bits per heavy atom. The molecule has 1 aromatic rings. The van der Waals surface area contributed by atoms with Gasteiger partial charge in [-0.2, -0.15) is 0 Å². The van der Waals surface area contributed by atoms with E-state index < -0.39 is 35.6 Å². The number of carbonyl (C=O) groups excluding carboxylic acids is 3. The Bertz CT molecular complexity index is 1100. The predicted molar refractivity (Wildman–Crippen MR) is 138 cm³/mol. The van der Waals surface area contributed by atoms with Gasteiger partial charge in [-0.25, -0.2) is 0 Å². The number of aliphatic hydroxyl groups excluding tert-OH is 1. The smallest absolute Gasteiger partial charge is 0.249 e. The van der Waals surface area contributed by atoms with Crippen LogP contribution in [0.5, 0.6) is 0 Å². The van der Waals surface area contributed by atoms with Crippen LogP contribution < -0.4 is 0 Å². The van der Waals surface area contributed by atoms with E-state index in [-0.39, 0.29) is 30.2 Å². The van der Waals surface area contributed by atoms with Gasteiger partial charge < -0.3 is 24.5 Å². The number of aliphatic hydroxyl groups is 1. The van der Waals surface area contributed by atoms with Crippen molar-refractivity contribution < 1.29 is 24.2 Å². The SMILES string of the molecule is CCCN1CC=C[C@@H]2O[C@]34C=CCN(Cc5ccccc5)C(=O)C3N([C@@H](CO)C(C)C)C(=O)[C@@H]4[C@@H]2C1=O. The van der Waals surface area contributed by atoms with Crippen LogP contribution in [0, 0.1) is 17.8 Å². The third-order valence-electron chi connectivity index (χ3n) is 8.29. The summed E-state index contributed by atoms with van der Waals surface area (Å²) in [6.07, 6.45) is 7.80. The topological polar surface area (TPSA) is 90.4 Å². The van der Waals surface area contributed by atoms with Gasteiger partial charge in [-0.3, -0.25) is 14.4 Å². The number of carbonyl (C=O) groups is 3. The molecule has 8 heteroatoms. The Hall–Kier alpha value is -2.97. The van der Waals surface area contributed by atoms with Crippen LogP contribution in [0.15, 0.2) is 54.6 Å². The summed E-state index contributed by atoms with van der Waals surface area (Å²) in [6, 6.07) is 8.22. The highest BCUT2D eigenvalue weighted by Gasteiger charge is 2.72. The molecule has 5 rings (SSSR count). The number of hydrogen-bond donors (Lipinski definition) is 1. The summed E-state index contributed by atoms with van der Waals surface area (Å²) in [7, 11) is 0. The number of amides is 3. The van der Waals surface area contributed by atoms with Gasteiger partial charge in [-0.15, -0.1) is 0 Å². The van der Waals surface area contributed by atoms with E-state index in [0.29, 0.717) is 26.2 Å². The highest BCUT2D eigenvalue weighted by molar-refractivity contribution is 6.00. The highest BCUT2D eigenvalue weighted by atomic mass is 16.5. The Balaban J connectivity index is 1.60. The molecule has 0 aliphatic carbocycles. The second kappa shape index (κ2) is 10.1. The van der Waals surface area contributed by atoms with Crippen molar-refractivity contribution in [2.24, 2.45) is 17.8 Å². The Labute approximate surface area is 218 Å². The van der Waals surface area contributed by atoms with E-state index in [1.54, 1.807) is 14.7 Å². The average Bonchev–Trinajstić information content (AvgIpc) is 3.20. The molecule has 1 unspecified atom stereocenters. The van der Waals surface area contributed by atoms with Gasteiger partial charge >= 0.3 is 0 Å². The minimum Gasteiger partial charge on any atom is -0.394 e. The van der Waals surface area contributed by atoms with Crippen LogP contribution >= 0.6 is 0 Å². The molecule has 3 amide bonds. The zero-order valence-electron chi connectivity index (χ0n) is 21.8. The third kappa shape index (κ3) is 4.10. The van der Waals surface area contributed by atoms with Gasteiger partial charge in [0.15, 0.2) is 0 Å². The predicted octanol–water partition coefficient (Wildman–Crippen LogP) is 1.99. The fourth-order valence-electron chi connectivity index (χ4n) is 6.57. The maximum atomic E-state index is 14.3. The first kappa shape index (κ1) is 25.7. The minimum absolute atomic E-state index is 0.0930. The van der Waals surface area contributed by atoms with Crippen LogP contribution in [0.2, 0.25) is 0 Å². The summed E-state index contributed by atoms with van der Waals surface area (Å²) in [4.78, 5) is 47.5. The Kier molecular flexibility index (Phi) is 6.98. The fraction of sp³-hybridized carbons (Fsp3) is 0.552. The van der Waals surface area contributed by atoms with Crippen molar-refractivity contribution in [3.63, 3.8) is 0 Å². The normalized spacial score (nSPS) is 31.9. The lowest BCUT2D eigenvalue weighted by Crippen LogP contribution is -2.59. The first-order chi connectivity index (χ1) is 17.8. The first-order valence-electron chi connectivity index (χ1n) is 13.4. The fourth-order valence-corrected chi connectivity index (χ4v) is 6.57. The summed E-state index contributed by atoms with van der Waals surface area (Å²) in [6.45, 7) is 7.45. The molecular weight excluding hydrogens is 470 g/mol. The van der Waals surface area contributed by atoms with Crippen LogP contribution in [0.1, 0.15) is 32.8 Å². The van der Waals surface area contributed by atoms with Crippen molar-refractivity contribution in [1.82, 2.24) is 14.7 Å². The second-order valence-corrected chi connectivity index (χ2v) is 10.9. The van der Waals surface area contributed by atoms with Crippen molar-refractivity contribution >= 4 is 17.7 Å². The van der Waals surface area contributed by atoms with Gasteiger partial charge in [0.2, 0.25) is 17.7 Å². The number of hydrogen-bond acceptors (Lipinski definition) is 5. The largest absolute Gasteiger partial charge is 0.394 e. The molecule has 6 atom stereocenters. The maximum Gasteiger partial charge on any atom is 0.249 e. The monoisotopic (exact) mass is 507 g/mol. The summed E-state index contributed by atoms with van der Waals surface area (Å²) < 4.78 is 6.67. The zero-order chi connectivity index (χ0) is 26.3. The van der Waals surface area contributed by atoms with E-state index in [9.17, 15) is 19.5 Å². The molecule has 8 nitrogen and oxygen atoms in total. The molecule has 0 aromatic heterocycles. The molecule has 4 heterocycles. The minimum atomic E-state index is -1.27. The molecule has 1 spiro atoms. The molecular formula is C29H37N3O5. The molecule has 2 fully saturated rings. The van der Waals surface area contributed by atoms with E-state index >= 15 is 0 Å². The summed E-state index contributed by atoms with van der Waals surface area (Å²) in [5.74, 6) is -2.25. The molecule has 4 aliphatic rings. The lowest BCUT2D eigenvalue weighted by molar-refractivity contribution is -0.152. The van der Waals surface area contributed by atoms with Crippen molar-refractivity contribution in [2.45, 2.75) is 57.5 Å². The number of likely N-dealkylation sites (tertiary alicyclic amines) is 1. The van der Waals surface area contributed by atoms with Gasteiger partial charge in [-0.05, 0) is 17.9 Å². The molecule has 198 valence electrons. The standard InChI is InChI=1S/C29H37N3O5/c1-4-14-30-15-8-12-22-23(26(30)34)24-27(35)32(21(18-33)19(2)3)25-28(36)31(16-9-13-29(24,25)37-22)17-20-10-6-5-7-11-20/h5-13,19,21-25,33H,4,14-18H2,1-3H3/t21-,22-,23+,24-,25?,29-/m0/s1. The molecule has 0 bridgehead atoms. The molecule has 0 saturated carbocycles. The van der Waals surface area contributed by atoms with Gasteiger partial charge in [0.05, 0.1) is 30.6 Å². The number of benzene rings is 1. The number of rotatable bonds is 7. The average molecular weight is 508 g/mol. The van der Waals surface area contributed by atoms with Crippen LogP contribution in [0.25, 0.3) is 0 Å². The highest BCUT2D eigenvalue weighted by Crippen LogP contribution is 2.54.